The van der Waals surface area contributed by atoms with Crippen LogP contribution < -0.4 is 0 Å². The van der Waals surface area contributed by atoms with Crippen molar-refractivity contribution in [3.05, 3.63) is 11.6 Å². The van der Waals surface area contributed by atoms with Gasteiger partial charge in [0.05, 0.1) is 0 Å². The van der Waals surface area contributed by atoms with Gasteiger partial charge < -0.3 is 0 Å². The normalized spacial score (nSPS) is 21.1. The van der Waals surface area contributed by atoms with Crippen LogP contribution in [0.2, 0.25) is 0 Å². The zero-order valence-electron chi connectivity index (χ0n) is 7.90. The SMILES string of the molecule is CCC/C(C)=C/C1CCCC1. The molecule has 1 aliphatic carbocycles. The summed E-state index contributed by atoms with van der Waals surface area (Å²) in [5, 5.41) is 0. The first-order valence-electron chi connectivity index (χ1n) is 5.00. The summed E-state index contributed by atoms with van der Waals surface area (Å²) in [5.74, 6) is 0.932. The molecule has 0 aromatic carbocycles. The molecule has 0 bridgehead atoms. The molecule has 0 aliphatic heterocycles. The molecule has 0 radical (unpaired) electrons. The molecule has 0 atom stereocenters. The number of allylic oxidation sites excluding steroid dienone is 2. The molecule has 0 spiro atoms. The first-order valence-corrected chi connectivity index (χ1v) is 5.00. The predicted molar refractivity (Wildman–Crippen MR) is 50.6 cm³/mol. The molecule has 1 fully saturated rings. The molecular formula is C11H20. The summed E-state index contributed by atoms with van der Waals surface area (Å²) < 4.78 is 0. The van der Waals surface area contributed by atoms with Crippen molar-refractivity contribution in [2.45, 2.75) is 52.4 Å². The van der Waals surface area contributed by atoms with Crippen LogP contribution in [0.3, 0.4) is 0 Å². The van der Waals surface area contributed by atoms with E-state index in [1.807, 2.05) is 0 Å². The van der Waals surface area contributed by atoms with Crippen LogP contribution in [0.15, 0.2) is 11.6 Å². The number of rotatable bonds is 3. The van der Waals surface area contributed by atoms with E-state index < -0.39 is 0 Å². The van der Waals surface area contributed by atoms with Gasteiger partial charge in [0, 0.05) is 0 Å². The van der Waals surface area contributed by atoms with Gasteiger partial charge in [0.25, 0.3) is 0 Å². The molecular weight excluding hydrogens is 132 g/mol. The third kappa shape index (κ3) is 3.09. The fourth-order valence-corrected chi connectivity index (χ4v) is 2.00. The third-order valence-corrected chi connectivity index (χ3v) is 2.56. The molecule has 11 heavy (non-hydrogen) atoms. The van der Waals surface area contributed by atoms with Crippen molar-refractivity contribution in [1.29, 1.82) is 0 Å². The summed E-state index contributed by atoms with van der Waals surface area (Å²) >= 11 is 0. The van der Waals surface area contributed by atoms with Crippen LogP contribution in [0.25, 0.3) is 0 Å². The van der Waals surface area contributed by atoms with Gasteiger partial charge >= 0.3 is 0 Å². The zero-order valence-corrected chi connectivity index (χ0v) is 7.90. The maximum atomic E-state index is 2.51. The summed E-state index contributed by atoms with van der Waals surface area (Å²) in [6, 6.07) is 0. The lowest BCUT2D eigenvalue weighted by Crippen LogP contribution is -1.88. The molecule has 0 N–H and O–H groups in total. The Morgan fingerprint density at radius 1 is 1.36 bits per heavy atom. The lowest BCUT2D eigenvalue weighted by molar-refractivity contribution is 0.674. The molecule has 0 heteroatoms. The fraction of sp³-hybridized carbons (Fsp3) is 0.818. The van der Waals surface area contributed by atoms with Crippen molar-refractivity contribution in [3.8, 4) is 0 Å². The summed E-state index contributed by atoms with van der Waals surface area (Å²) in [6.07, 6.45) is 10.9. The average Bonchev–Trinajstić information content (AvgIpc) is 2.40. The van der Waals surface area contributed by atoms with Gasteiger partial charge in [-0.2, -0.15) is 0 Å². The van der Waals surface area contributed by atoms with E-state index in [2.05, 4.69) is 19.9 Å². The van der Waals surface area contributed by atoms with E-state index in [9.17, 15) is 0 Å². The van der Waals surface area contributed by atoms with Crippen LogP contribution in [0.4, 0.5) is 0 Å². The minimum atomic E-state index is 0.932. The van der Waals surface area contributed by atoms with E-state index in [4.69, 9.17) is 0 Å². The van der Waals surface area contributed by atoms with Crippen LogP contribution in [-0.2, 0) is 0 Å². The molecule has 0 heterocycles. The highest BCUT2D eigenvalue weighted by Gasteiger charge is 2.11. The highest BCUT2D eigenvalue weighted by molar-refractivity contribution is 5.01. The van der Waals surface area contributed by atoms with Crippen LogP contribution in [0.1, 0.15) is 52.4 Å². The van der Waals surface area contributed by atoms with E-state index in [-0.39, 0.29) is 0 Å². The second-order valence-electron chi connectivity index (χ2n) is 3.81. The second kappa shape index (κ2) is 4.58. The van der Waals surface area contributed by atoms with E-state index in [0.717, 1.165) is 5.92 Å². The van der Waals surface area contributed by atoms with E-state index in [1.165, 1.54) is 38.5 Å². The Morgan fingerprint density at radius 2 is 2.00 bits per heavy atom. The van der Waals surface area contributed by atoms with Crippen molar-refractivity contribution >= 4 is 0 Å². The first kappa shape index (κ1) is 8.83. The van der Waals surface area contributed by atoms with Crippen molar-refractivity contribution in [3.63, 3.8) is 0 Å². The van der Waals surface area contributed by atoms with Crippen molar-refractivity contribution in [2.24, 2.45) is 5.92 Å². The van der Waals surface area contributed by atoms with Gasteiger partial charge in [0.1, 0.15) is 0 Å². The van der Waals surface area contributed by atoms with Crippen molar-refractivity contribution < 1.29 is 0 Å². The lowest BCUT2D eigenvalue weighted by Gasteiger charge is -2.04. The zero-order chi connectivity index (χ0) is 8.10. The first-order chi connectivity index (χ1) is 5.33. The van der Waals surface area contributed by atoms with Crippen LogP contribution >= 0.6 is 0 Å². The predicted octanol–water partition coefficient (Wildman–Crippen LogP) is 3.92. The third-order valence-electron chi connectivity index (χ3n) is 2.56. The van der Waals surface area contributed by atoms with Crippen LogP contribution in [0.5, 0.6) is 0 Å². The Bertz CT molecular complexity index is 127. The van der Waals surface area contributed by atoms with E-state index >= 15 is 0 Å². The molecule has 0 aromatic heterocycles. The monoisotopic (exact) mass is 152 g/mol. The maximum Gasteiger partial charge on any atom is -0.0231 e. The topological polar surface area (TPSA) is 0 Å². The Labute approximate surface area is 70.7 Å². The Kier molecular flexibility index (Phi) is 3.68. The van der Waals surface area contributed by atoms with Gasteiger partial charge in [-0.3, -0.25) is 0 Å². The van der Waals surface area contributed by atoms with Crippen LogP contribution in [-0.4, -0.2) is 0 Å². The van der Waals surface area contributed by atoms with Gasteiger partial charge in [-0.25, -0.2) is 0 Å². The highest BCUT2D eigenvalue weighted by atomic mass is 14.2. The fourth-order valence-electron chi connectivity index (χ4n) is 2.00. The van der Waals surface area contributed by atoms with Gasteiger partial charge in [-0.1, -0.05) is 37.8 Å². The number of hydrogen-bond donors (Lipinski definition) is 0. The number of hydrogen-bond acceptors (Lipinski definition) is 0. The molecule has 64 valence electrons. The Hall–Kier alpha value is -0.260. The van der Waals surface area contributed by atoms with Crippen LogP contribution in [0, 0.1) is 5.92 Å². The minimum absolute atomic E-state index is 0.932. The lowest BCUT2D eigenvalue weighted by atomic mass is 10.0. The standard InChI is InChI=1S/C11H20/c1-3-6-10(2)9-11-7-4-5-8-11/h9,11H,3-8H2,1-2H3/b10-9+. The van der Waals surface area contributed by atoms with Gasteiger partial charge in [0.2, 0.25) is 0 Å². The van der Waals surface area contributed by atoms with E-state index in [0.29, 0.717) is 0 Å². The summed E-state index contributed by atoms with van der Waals surface area (Å²) in [6.45, 7) is 4.54. The molecule has 0 unspecified atom stereocenters. The molecule has 1 aliphatic rings. The van der Waals surface area contributed by atoms with Gasteiger partial charge in [-0.15, -0.1) is 0 Å². The largest absolute Gasteiger partial charge is 0.0825 e. The molecule has 1 saturated carbocycles. The second-order valence-corrected chi connectivity index (χ2v) is 3.81. The Balaban J connectivity index is 2.30. The molecule has 0 amide bonds. The summed E-state index contributed by atoms with van der Waals surface area (Å²) in [5.41, 5.74) is 1.61. The van der Waals surface area contributed by atoms with Gasteiger partial charge in [0.15, 0.2) is 0 Å². The highest BCUT2D eigenvalue weighted by Crippen LogP contribution is 2.27. The van der Waals surface area contributed by atoms with Crippen molar-refractivity contribution in [2.75, 3.05) is 0 Å². The van der Waals surface area contributed by atoms with Gasteiger partial charge in [-0.05, 0) is 32.1 Å². The summed E-state index contributed by atoms with van der Waals surface area (Å²) in [7, 11) is 0. The van der Waals surface area contributed by atoms with Crippen molar-refractivity contribution in [1.82, 2.24) is 0 Å². The molecule has 0 nitrogen and oxygen atoms in total. The quantitative estimate of drug-likeness (QED) is 0.538. The average molecular weight is 152 g/mol. The smallest absolute Gasteiger partial charge is 0.0231 e. The maximum absolute atomic E-state index is 2.51. The minimum Gasteiger partial charge on any atom is -0.0825 e. The molecule has 1 rings (SSSR count). The Morgan fingerprint density at radius 3 is 2.55 bits per heavy atom. The summed E-state index contributed by atoms with van der Waals surface area (Å²) in [4.78, 5) is 0. The molecule has 0 aromatic rings. The van der Waals surface area contributed by atoms with E-state index in [1.54, 1.807) is 5.57 Å². The molecule has 0 saturated heterocycles.